The van der Waals surface area contributed by atoms with Crippen LogP contribution in [-0.2, 0) is 6.54 Å². The van der Waals surface area contributed by atoms with Gasteiger partial charge in [0, 0.05) is 18.3 Å². The number of hydrogen-bond acceptors (Lipinski definition) is 4. The molecule has 3 rings (SSSR count). The first-order chi connectivity index (χ1) is 9.15. The molecule has 19 heavy (non-hydrogen) atoms. The lowest BCUT2D eigenvalue weighted by molar-refractivity contribution is 0.0770. The van der Waals surface area contributed by atoms with Gasteiger partial charge in [-0.2, -0.15) is 0 Å². The molecule has 1 aliphatic rings. The predicted molar refractivity (Wildman–Crippen MR) is 73.1 cm³/mol. The third-order valence-corrected chi connectivity index (χ3v) is 4.13. The van der Waals surface area contributed by atoms with Crippen LogP contribution in [0.1, 0.15) is 41.3 Å². The zero-order valence-corrected chi connectivity index (χ0v) is 11.8. The van der Waals surface area contributed by atoms with E-state index in [1.165, 1.54) is 17.8 Å². The average Bonchev–Trinajstić information content (AvgIpc) is 2.88. The highest BCUT2D eigenvalue weighted by Gasteiger charge is 2.36. The second-order valence-corrected chi connectivity index (χ2v) is 5.88. The first kappa shape index (κ1) is 12.4. The van der Waals surface area contributed by atoms with Crippen LogP contribution < -0.4 is 0 Å². The molecule has 0 N–H and O–H groups in total. The first-order valence-electron chi connectivity index (χ1n) is 6.37. The van der Waals surface area contributed by atoms with Crippen LogP contribution in [0, 0.1) is 5.92 Å². The van der Waals surface area contributed by atoms with Crippen molar-refractivity contribution in [3.63, 3.8) is 0 Å². The first-order valence-corrected chi connectivity index (χ1v) is 7.31. The van der Waals surface area contributed by atoms with Crippen molar-refractivity contribution < 1.29 is 9.21 Å². The summed E-state index contributed by atoms with van der Waals surface area (Å²) in [6, 6.07) is 4.00. The maximum Gasteiger partial charge on any atom is 0.273 e. The summed E-state index contributed by atoms with van der Waals surface area (Å²) >= 11 is 1.43. The smallest absolute Gasteiger partial charge is 0.273 e. The van der Waals surface area contributed by atoms with Crippen molar-refractivity contribution in [2.24, 2.45) is 5.92 Å². The van der Waals surface area contributed by atoms with Crippen LogP contribution in [-0.4, -0.2) is 22.8 Å². The van der Waals surface area contributed by atoms with E-state index in [0.29, 0.717) is 18.2 Å². The fourth-order valence-corrected chi connectivity index (χ4v) is 2.74. The molecule has 0 radical (unpaired) electrons. The monoisotopic (exact) mass is 276 g/mol. The minimum absolute atomic E-state index is 0.0704. The minimum atomic E-state index is -0.0704. The summed E-state index contributed by atoms with van der Waals surface area (Å²) < 4.78 is 5.80. The maximum atomic E-state index is 12.0. The highest BCUT2D eigenvalue weighted by atomic mass is 32.1. The van der Waals surface area contributed by atoms with Crippen molar-refractivity contribution in [3.05, 3.63) is 40.2 Å². The molecule has 2 aromatic rings. The van der Waals surface area contributed by atoms with Gasteiger partial charge in [0.15, 0.2) is 0 Å². The molecule has 1 saturated carbocycles. The highest BCUT2D eigenvalue weighted by Crippen LogP contribution is 2.47. The zero-order chi connectivity index (χ0) is 13.4. The summed E-state index contributed by atoms with van der Waals surface area (Å²) in [7, 11) is 1.77. The second kappa shape index (κ2) is 4.81. The van der Waals surface area contributed by atoms with E-state index in [4.69, 9.17) is 4.42 Å². The van der Waals surface area contributed by atoms with Crippen molar-refractivity contribution in [1.82, 2.24) is 9.88 Å². The fraction of sp³-hybridized carbons (Fsp3) is 0.429. The number of hydrogen-bond donors (Lipinski definition) is 0. The van der Waals surface area contributed by atoms with Crippen LogP contribution in [0.3, 0.4) is 0 Å². The lowest BCUT2D eigenvalue weighted by Gasteiger charge is -2.13. The third-order valence-electron chi connectivity index (χ3n) is 3.55. The molecule has 2 heterocycles. The SMILES string of the molecule is CC1CC1c1ccc(CN(C)C(=O)c2cscn2)o1. The van der Waals surface area contributed by atoms with E-state index in [-0.39, 0.29) is 5.91 Å². The molecule has 0 saturated heterocycles. The van der Waals surface area contributed by atoms with Gasteiger partial charge in [0.1, 0.15) is 17.2 Å². The van der Waals surface area contributed by atoms with Gasteiger partial charge in [0.2, 0.25) is 0 Å². The van der Waals surface area contributed by atoms with E-state index in [1.54, 1.807) is 22.8 Å². The van der Waals surface area contributed by atoms with E-state index in [2.05, 4.69) is 11.9 Å². The lowest BCUT2D eigenvalue weighted by Crippen LogP contribution is -2.26. The van der Waals surface area contributed by atoms with Crippen LogP contribution in [0.25, 0.3) is 0 Å². The molecule has 0 aromatic carbocycles. The molecule has 1 aliphatic carbocycles. The van der Waals surface area contributed by atoms with Gasteiger partial charge in [-0.15, -0.1) is 11.3 Å². The van der Waals surface area contributed by atoms with Crippen LogP contribution in [0.4, 0.5) is 0 Å². The van der Waals surface area contributed by atoms with Crippen molar-refractivity contribution >= 4 is 17.2 Å². The molecule has 2 aromatic heterocycles. The molecular weight excluding hydrogens is 260 g/mol. The van der Waals surface area contributed by atoms with E-state index < -0.39 is 0 Å². The number of rotatable bonds is 4. The maximum absolute atomic E-state index is 12.0. The molecule has 2 atom stereocenters. The topological polar surface area (TPSA) is 46.3 Å². The standard InChI is InChI=1S/C14H16N2O2S/c1-9-5-11(9)13-4-3-10(18-13)6-16(2)14(17)12-7-19-8-15-12/h3-4,7-9,11H,5-6H2,1-2H3. The van der Waals surface area contributed by atoms with Crippen molar-refractivity contribution in [1.29, 1.82) is 0 Å². The fourth-order valence-electron chi connectivity index (χ4n) is 2.22. The predicted octanol–water partition coefficient (Wildman–Crippen LogP) is 3.13. The quantitative estimate of drug-likeness (QED) is 0.862. The molecule has 5 heteroatoms. The van der Waals surface area contributed by atoms with Crippen molar-refractivity contribution in [2.45, 2.75) is 25.8 Å². The Hall–Kier alpha value is -1.62. The Morgan fingerprint density at radius 3 is 3.00 bits per heavy atom. The minimum Gasteiger partial charge on any atom is -0.464 e. The molecule has 4 nitrogen and oxygen atoms in total. The average molecular weight is 276 g/mol. The molecule has 2 unspecified atom stereocenters. The number of carbonyl (C=O) groups is 1. The van der Waals surface area contributed by atoms with Crippen molar-refractivity contribution in [3.8, 4) is 0 Å². The van der Waals surface area contributed by atoms with Crippen LogP contribution in [0.5, 0.6) is 0 Å². The molecule has 0 bridgehead atoms. The summed E-state index contributed by atoms with van der Waals surface area (Å²) in [6.07, 6.45) is 1.21. The number of amides is 1. The van der Waals surface area contributed by atoms with Crippen LogP contribution in [0.2, 0.25) is 0 Å². The Morgan fingerprint density at radius 1 is 1.58 bits per heavy atom. The Morgan fingerprint density at radius 2 is 2.37 bits per heavy atom. The molecule has 0 spiro atoms. The Labute approximate surface area is 116 Å². The highest BCUT2D eigenvalue weighted by molar-refractivity contribution is 7.07. The number of aromatic nitrogens is 1. The zero-order valence-electron chi connectivity index (χ0n) is 11.0. The molecular formula is C14H16N2O2S. The van der Waals surface area contributed by atoms with Gasteiger partial charge >= 0.3 is 0 Å². The molecule has 100 valence electrons. The number of carbonyl (C=O) groups excluding carboxylic acids is 1. The van der Waals surface area contributed by atoms with Crippen LogP contribution in [0.15, 0.2) is 27.4 Å². The van der Waals surface area contributed by atoms with Gasteiger partial charge in [-0.3, -0.25) is 4.79 Å². The number of thiazole rings is 1. The summed E-state index contributed by atoms with van der Waals surface area (Å²) in [5.41, 5.74) is 2.16. The summed E-state index contributed by atoms with van der Waals surface area (Å²) in [5, 5.41) is 1.76. The normalized spacial score (nSPS) is 21.4. The molecule has 0 aliphatic heterocycles. The van der Waals surface area contributed by atoms with Gasteiger partial charge in [-0.1, -0.05) is 6.92 Å². The summed E-state index contributed by atoms with van der Waals surface area (Å²) in [4.78, 5) is 17.7. The number of furan rings is 1. The van der Waals surface area contributed by atoms with E-state index in [0.717, 1.165) is 17.4 Å². The largest absolute Gasteiger partial charge is 0.464 e. The lowest BCUT2D eigenvalue weighted by atomic mass is 10.3. The Kier molecular flexibility index (Phi) is 3.14. The van der Waals surface area contributed by atoms with Crippen molar-refractivity contribution in [2.75, 3.05) is 7.05 Å². The summed E-state index contributed by atoms with van der Waals surface area (Å²) in [6.45, 7) is 2.71. The Bertz CT molecular complexity index is 576. The van der Waals surface area contributed by atoms with E-state index in [1.807, 2.05) is 12.1 Å². The number of nitrogens with zero attached hydrogens (tertiary/aromatic N) is 2. The van der Waals surface area contributed by atoms with Gasteiger partial charge < -0.3 is 9.32 Å². The van der Waals surface area contributed by atoms with E-state index >= 15 is 0 Å². The molecule has 1 amide bonds. The van der Waals surface area contributed by atoms with Crippen LogP contribution >= 0.6 is 11.3 Å². The van der Waals surface area contributed by atoms with Gasteiger partial charge in [-0.05, 0) is 24.5 Å². The summed E-state index contributed by atoms with van der Waals surface area (Å²) in [5.74, 6) is 3.12. The van der Waals surface area contributed by atoms with Gasteiger partial charge in [0.25, 0.3) is 5.91 Å². The second-order valence-electron chi connectivity index (χ2n) is 5.16. The van der Waals surface area contributed by atoms with Gasteiger partial charge in [-0.25, -0.2) is 4.98 Å². The third kappa shape index (κ3) is 2.56. The molecule has 1 fully saturated rings. The van der Waals surface area contributed by atoms with E-state index in [9.17, 15) is 4.79 Å². The van der Waals surface area contributed by atoms with Gasteiger partial charge in [0.05, 0.1) is 12.1 Å². The Balaban J connectivity index is 1.64.